The quantitative estimate of drug-likeness (QED) is 0.0793. The highest BCUT2D eigenvalue weighted by atomic mass is 32.1. The Hall–Kier alpha value is -5.09. The standard InChI is InChI=1S/C50H66N6O5S/c1-13-15-41(51-35(5)49(7,8)9)22-19-38-29-39(31-42(30-38)52-48(58)61-50(10,11)12)23-25-60-27-26-59-24-14-16-37-17-20-40(21-18-37)45-44-33(3)34(4)62-47(44)56-36(6)54-55-46(56)43(53-45)28-32(2)57/h15,17-18,20-21,29-31,35,43,51H,13,19,22-28H2,1-12H3,(H,52,58)/b41-15+/t35?,43-/m0/s1. The summed E-state index contributed by atoms with van der Waals surface area (Å²) in [6.07, 6.45) is 5.38. The Kier molecular flexibility index (Phi) is 16.5. The van der Waals surface area contributed by atoms with Crippen molar-refractivity contribution >= 4 is 34.6 Å². The van der Waals surface area contributed by atoms with Crippen LogP contribution in [-0.4, -0.2) is 70.4 Å². The topological polar surface area (TPSA) is 129 Å². The average molecular weight is 863 g/mol. The maximum atomic E-state index is 12.7. The molecule has 0 saturated carbocycles. The fraction of sp³-hybridized carbons (Fsp3) is 0.500. The maximum Gasteiger partial charge on any atom is 0.412 e. The average Bonchev–Trinajstić information content (AvgIpc) is 3.66. The molecule has 0 bridgehead atoms. The number of allylic oxidation sites excluding steroid dienone is 2. The molecule has 0 spiro atoms. The number of ether oxygens (including phenoxy) is 3. The van der Waals surface area contributed by atoms with Crippen LogP contribution in [0.25, 0.3) is 5.00 Å². The first-order chi connectivity index (χ1) is 29.3. The number of fused-ring (bicyclic) bond motifs is 3. The molecule has 2 aromatic heterocycles. The number of aromatic nitrogens is 3. The zero-order valence-electron chi connectivity index (χ0n) is 38.9. The zero-order valence-corrected chi connectivity index (χ0v) is 39.7. The van der Waals surface area contributed by atoms with Crippen LogP contribution >= 0.6 is 11.3 Å². The lowest BCUT2D eigenvalue weighted by molar-refractivity contribution is -0.117. The van der Waals surface area contributed by atoms with Crippen molar-refractivity contribution in [3.63, 3.8) is 0 Å². The van der Waals surface area contributed by atoms with Gasteiger partial charge in [-0.3, -0.25) is 19.7 Å². The van der Waals surface area contributed by atoms with E-state index in [0.29, 0.717) is 43.8 Å². The van der Waals surface area contributed by atoms with Gasteiger partial charge in [0.05, 0.1) is 25.5 Å². The Morgan fingerprint density at radius 2 is 1.65 bits per heavy atom. The van der Waals surface area contributed by atoms with Crippen LogP contribution in [0.3, 0.4) is 0 Å². The first-order valence-electron chi connectivity index (χ1n) is 21.8. The highest BCUT2D eigenvalue weighted by Gasteiger charge is 2.32. The molecule has 4 aromatic rings. The number of aryl methyl sites for hydroxylation is 3. The summed E-state index contributed by atoms with van der Waals surface area (Å²) in [4.78, 5) is 31.4. The Balaban J connectivity index is 1.15. The first-order valence-corrected chi connectivity index (χ1v) is 22.6. The Morgan fingerprint density at radius 1 is 0.952 bits per heavy atom. The third-order valence-corrected chi connectivity index (χ3v) is 11.9. The second kappa shape index (κ2) is 21.3. The molecule has 1 aliphatic rings. The van der Waals surface area contributed by atoms with Crippen molar-refractivity contribution in [1.29, 1.82) is 0 Å². The van der Waals surface area contributed by atoms with Crippen LogP contribution in [0.1, 0.15) is 138 Å². The van der Waals surface area contributed by atoms with E-state index < -0.39 is 17.7 Å². The third kappa shape index (κ3) is 13.5. The highest BCUT2D eigenvalue weighted by molar-refractivity contribution is 7.15. The number of hydrogen-bond acceptors (Lipinski definition) is 10. The van der Waals surface area contributed by atoms with Gasteiger partial charge in [-0.15, -0.1) is 21.5 Å². The lowest BCUT2D eigenvalue weighted by Crippen LogP contribution is -2.37. The summed E-state index contributed by atoms with van der Waals surface area (Å²) in [6, 6.07) is 14.2. The summed E-state index contributed by atoms with van der Waals surface area (Å²) < 4.78 is 19.3. The minimum Gasteiger partial charge on any atom is -0.444 e. The molecule has 332 valence electrons. The van der Waals surface area contributed by atoms with Gasteiger partial charge in [0.1, 0.15) is 34.9 Å². The number of thiophene rings is 1. The highest BCUT2D eigenvalue weighted by Crippen LogP contribution is 2.39. The van der Waals surface area contributed by atoms with E-state index in [0.717, 1.165) is 69.2 Å². The predicted molar refractivity (Wildman–Crippen MR) is 251 cm³/mol. The van der Waals surface area contributed by atoms with Crippen LogP contribution in [0.5, 0.6) is 0 Å². The molecule has 0 aliphatic carbocycles. The number of carbonyl (C=O) groups excluding carboxylic acids is 2. The van der Waals surface area contributed by atoms with E-state index in [2.05, 4.69) is 97.8 Å². The molecule has 5 rings (SSSR count). The van der Waals surface area contributed by atoms with Crippen molar-refractivity contribution in [1.82, 2.24) is 20.1 Å². The second-order valence-corrected chi connectivity index (χ2v) is 19.3. The van der Waals surface area contributed by atoms with Crippen LogP contribution in [0.4, 0.5) is 10.5 Å². The number of nitrogens with zero attached hydrogens (tertiary/aromatic N) is 4. The van der Waals surface area contributed by atoms with Crippen LogP contribution in [0, 0.1) is 38.0 Å². The number of amides is 1. The summed E-state index contributed by atoms with van der Waals surface area (Å²) in [5, 5.41) is 16.5. The number of Topliss-reactive ketones (excluding diaryl/α,β-unsaturated/α-hetero) is 1. The Bertz CT molecular complexity index is 2310. The van der Waals surface area contributed by atoms with Crippen molar-refractivity contribution in [3.8, 4) is 16.8 Å². The van der Waals surface area contributed by atoms with Gasteiger partial charge in [-0.1, -0.05) is 63.8 Å². The fourth-order valence-corrected chi connectivity index (χ4v) is 8.19. The molecule has 2 N–H and O–H groups in total. The smallest absolute Gasteiger partial charge is 0.412 e. The molecular weight excluding hydrogens is 797 g/mol. The summed E-state index contributed by atoms with van der Waals surface area (Å²) in [5.41, 5.74) is 8.57. The van der Waals surface area contributed by atoms with Gasteiger partial charge in [-0.05, 0) is 127 Å². The van der Waals surface area contributed by atoms with Crippen molar-refractivity contribution in [2.45, 2.75) is 133 Å². The summed E-state index contributed by atoms with van der Waals surface area (Å²) in [5.74, 6) is 7.84. The van der Waals surface area contributed by atoms with Gasteiger partial charge in [-0.25, -0.2) is 4.79 Å². The molecule has 1 unspecified atom stereocenters. The van der Waals surface area contributed by atoms with Gasteiger partial charge >= 0.3 is 6.09 Å². The normalized spacial score (nSPS) is 14.5. The molecule has 2 atom stereocenters. The molecule has 12 heteroatoms. The molecule has 1 amide bonds. The SMILES string of the molecule is CC/C=C(\CCc1cc(CCOCCOCC#Cc2ccc(C3=N[C@@H](CC(C)=O)c4nnc(C)n4-c4sc(C)c(C)c43)cc2)cc(NC(=O)OC(C)(C)C)c1)NC(C)C(C)(C)C. The van der Waals surface area contributed by atoms with Gasteiger partial charge in [0.15, 0.2) is 5.82 Å². The van der Waals surface area contributed by atoms with E-state index in [-0.39, 0.29) is 24.2 Å². The van der Waals surface area contributed by atoms with E-state index in [4.69, 9.17) is 19.2 Å². The molecule has 2 aromatic carbocycles. The van der Waals surface area contributed by atoms with Gasteiger partial charge in [0.2, 0.25) is 0 Å². The van der Waals surface area contributed by atoms with Crippen molar-refractivity contribution in [2.24, 2.45) is 10.4 Å². The van der Waals surface area contributed by atoms with E-state index in [1.807, 2.05) is 64.1 Å². The molecular formula is C50H66N6O5S. The Labute approximate surface area is 373 Å². The number of aliphatic imine (C=N–C) groups is 1. The third-order valence-electron chi connectivity index (χ3n) is 10.7. The molecule has 11 nitrogen and oxygen atoms in total. The van der Waals surface area contributed by atoms with Gasteiger partial charge in [0, 0.05) is 45.4 Å². The number of benzene rings is 2. The zero-order chi connectivity index (χ0) is 45.2. The van der Waals surface area contributed by atoms with E-state index in [1.54, 1.807) is 18.3 Å². The first kappa shape index (κ1) is 48.0. The molecule has 1 aliphatic heterocycles. The monoisotopic (exact) mass is 862 g/mol. The lowest BCUT2D eigenvalue weighted by atomic mass is 9.87. The summed E-state index contributed by atoms with van der Waals surface area (Å²) >= 11 is 1.70. The summed E-state index contributed by atoms with van der Waals surface area (Å²) in [7, 11) is 0. The largest absolute Gasteiger partial charge is 0.444 e. The number of carbonyl (C=O) groups is 2. The van der Waals surface area contributed by atoms with Crippen molar-refractivity contribution in [2.75, 3.05) is 31.7 Å². The van der Waals surface area contributed by atoms with Gasteiger partial charge < -0.3 is 19.5 Å². The second-order valence-electron chi connectivity index (χ2n) is 18.1. The van der Waals surface area contributed by atoms with Crippen LogP contribution in [0.15, 0.2) is 59.2 Å². The summed E-state index contributed by atoms with van der Waals surface area (Å²) in [6.45, 7) is 26.1. The molecule has 0 radical (unpaired) electrons. The maximum absolute atomic E-state index is 12.7. The van der Waals surface area contributed by atoms with E-state index >= 15 is 0 Å². The molecule has 62 heavy (non-hydrogen) atoms. The molecule has 3 heterocycles. The minimum absolute atomic E-state index is 0.0493. The lowest BCUT2D eigenvalue weighted by Gasteiger charge is -2.30. The van der Waals surface area contributed by atoms with Gasteiger partial charge in [-0.2, -0.15) is 0 Å². The van der Waals surface area contributed by atoms with Gasteiger partial charge in [0.25, 0.3) is 0 Å². The van der Waals surface area contributed by atoms with Crippen molar-refractivity contribution < 1.29 is 23.8 Å². The number of rotatable bonds is 17. The van der Waals surface area contributed by atoms with Crippen molar-refractivity contribution in [3.05, 3.63) is 104 Å². The van der Waals surface area contributed by atoms with Crippen LogP contribution < -0.4 is 10.6 Å². The minimum atomic E-state index is -0.597. The number of hydrogen-bond donors (Lipinski definition) is 2. The Morgan fingerprint density at radius 3 is 2.31 bits per heavy atom. The number of nitrogens with one attached hydrogen (secondary N) is 2. The van der Waals surface area contributed by atoms with Crippen LogP contribution in [-0.2, 0) is 31.8 Å². The fourth-order valence-electron chi connectivity index (χ4n) is 6.98. The molecule has 0 fully saturated rings. The number of ketones is 1. The predicted octanol–water partition coefficient (Wildman–Crippen LogP) is 10.4. The van der Waals surface area contributed by atoms with E-state index in [1.165, 1.54) is 10.6 Å². The van der Waals surface area contributed by atoms with E-state index in [9.17, 15) is 9.59 Å². The van der Waals surface area contributed by atoms with Crippen LogP contribution in [0.2, 0.25) is 0 Å². The molecule has 0 saturated heterocycles. The number of anilines is 1.